The lowest BCUT2D eigenvalue weighted by Gasteiger charge is -2.36. The zero-order valence-electron chi connectivity index (χ0n) is 18.0. The van der Waals surface area contributed by atoms with E-state index in [-0.39, 0.29) is 0 Å². The molecule has 1 saturated heterocycles. The lowest BCUT2D eigenvalue weighted by molar-refractivity contribution is 0.143. The monoisotopic (exact) mass is 433 g/mol. The molecule has 9 nitrogen and oxygen atoms in total. The van der Waals surface area contributed by atoms with Crippen molar-refractivity contribution >= 4 is 22.6 Å². The predicted molar refractivity (Wildman–Crippen MR) is 119 cm³/mol. The summed E-state index contributed by atoms with van der Waals surface area (Å²) in [7, 11) is 1.66. The molecule has 1 aliphatic rings. The van der Waals surface area contributed by atoms with Crippen LogP contribution in [0.25, 0.3) is 0 Å². The van der Waals surface area contributed by atoms with Crippen molar-refractivity contribution in [3.63, 3.8) is 0 Å². The molecule has 10 heteroatoms. The van der Waals surface area contributed by atoms with Gasteiger partial charge in [0.15, 0.2) is 5.96 Å². The summed E-state index contributed by atoms with van der Waals surface area (Å²) in [6.07, 6.45) is 2.61. The van der Waals surface area contributed by atoms with E-state index in [1.165, 1.54) is 11.5 Å². The lowest BCUT2D eigenvalue weighted by Crippen LogP contribution is -2.52. The Bertz CT molecular complexity index is 806. The molecule has 1 aliphatic heterocycles. The summed E-state index contributed by atoms with van der Waals surface area (Å²) >= 11 is 1.49. The van der Waals surface area contributed by atoms with Crippen molar-refractivity contribution in [1.29, 1.82) is 0 Å². The summed E-state index contributed by atoms with van der Waals surface area (Å²) in [5.74, 6) is 2.45. The van der Waals surface area contributed by atoms with Crippen molar-refractivity contribution in [3.8, 4) is 5.88 Å². The van der Waals surface area contributed by atoms with Crippen LogP contribution in [0, 0.1) is 0 Å². The number of hydrogen-bond acceptors (Lipinski definition) is 8. The second kappa shape index (κ2) is 11.7. The summed E-state index contributed by atoms with van der Waals surface area (Å²) < 4.78 is 15.2. The van der Waals surface area contributed by atoms with Gasteiger partial charge in [-0.25, -0.2) is 15.0 Å². The summed E-state index contributed by atoms with van der Waals surface area (Å²) in [5, 5.41) is 4.43. The van der Waals surface area contributed by atoms with Gasteiger partial charge in [0.25, 0.3) is 0 Å². The fourth-order valence-corrected chi connectivity index (χ4v) is 3.91. The second-order valence-electron chi connectivity index (χ2n) is 6.80. The molecule has 3 heterocycles. The Morgan fingerprint density at radius 1 is 1.23 bits per heavy atom. The zero-order chi connectivity index (χ0) is 21.2. The van der Waals surface area contributed by atoms with Gasteiger partial charge in [-0.2, -0.15) is 4.37 Å². The van der Waals surface area contributed by atoms with Gasteiger partial charge in [0.1, 0.15) is 12.4 Å². The highest BCUT2D eigenvalue weighted by Gasteiger charge is 2.22. The number of aryl methyl sites for hydroxylation is 1. The molecule has 0 amide bonds. The molecule has 1 N–H and O–H groups in total. The van der Waals surface area contributed by atoms with Gasteiger partial charge in [-0.3, -0.25) is 0 Å². The van der Waals surface area contributed by atoms with E-state index < -0.39 is 0 Å². The van der Waals surface area contributed by atoms with Crippen LogP contribution in [0.4, 0.5) is 5.13 Å². The number of ether oxygens (including phenoxy) is 2. The summed E-state index contributed by atoms with van der Waals surface area (Å²) in [6.45, 7) is 10.1. The van der Waals surface area contributed by atoms with Gasteiger partial charge in [-0.05, 0) is 13.0 Å². The van der Waals surface area contributed by atoms with Crippen molar-refractivity contribution < 1.29 is 9.47 Å². The van der Waals surface area contributed by atoms with Crippen molar-refractivity contribution in [2.45, 2.75) is 26.8 Å². The quantitative estimate of drug-likeness (QED) is 0.364. The number of pyridine rings is 1. The van der Waals surface area contributed by atoms with E-state index >= 15 is 0 Å². The number of anilines is 1. The molecule has 0 radical (unpaired) electrons. The first kappa shape index (κ1) is 22.2. The molecule has 2 aromatic heterocycles. The Balaban J connectivity index is 1.61. The molecule has 30 heavy (non-hydrogen) atoms. The van der Waals surface area contributed by atoms with E-state index in [0.29, 0.717) is 25.6 Å². The molecule has 0 atom stereocenters. The third kappa shape index (κ3) is 6.02. The smallest absolute Gasteiger partial charge is 0.218 e. The van der Waals surface area contributed by atoms with Crippen molar-refractivity contribution in [2.75, 3.05) is 57.9 Å². The van der Waals surface area contributed by atoms with Gasteiger partial charge in [0.05, 0.1) is 13.2 Å². The lowest BCUT2D eigenvalue weighted by atomic mass is 10.3. The van der Waals surface area contributed by atoms with Crippen molar-refractivity contribution in [3.05, 3.63) is 29.7 Å². The van der Waals surface area contributed by atoms with Crippen LogP contribution in [0.5, 0.6) is 5.88 Å². The van der Waals surface area contributed by atoms with E-state index in [0.717, 1.165) is 61.6 Å². The van der Waals surface area contributed by atoms with Gasteiger partial charge >= 0.3 is 0 Å². The Labute approximate surface area is 182 Å². The number of aromatic nitrogens is 3. The highest BCUT2D eigenvalue weighted by Crippen LogP contribution is 2.20. The van der Waals surface area contributed by atoms with Crippen LogP contribution in [0.3, 0.4) is 0 Å². The number of aliphatic imine (C=N–C) groups is 1. The number of rotatable bonds is 9. The number of nitrogens with zero attached hydrogens (tertiary/aromatic N) is 6. The first-order chi connectivity index (χ1) is 14.7. The van der Waals surface area contributed by atoms with Crippen LogP contribution in [0.15, 0.2) is 23.3 Å². The molecule has 0 spiro atoms. The average Bonchev–Trinajstić information content (AvgIpc) is 3.27. The third-order valence-corrected chi connectivity index (χ3v) is 5.55. The molecule has 0 unspecified atom stereocenters. The Morgan fingerprint density at radius 2 is 2.07 bits per heavy atom. The number of nitrogens with one attached hydrogen (secondary N) is 1. The summed E-state index contributed by atoms with van der Waals surface area (Å²) in [6, 6.07) is 3.91. The maximum atomic E-state index is 5.73. The van der Waals surface area contributed by atoms with E-state index in [1.54, 1.807) is 13.3 Å². The highest BCUT2D eigenvalue weighted by molar-refractivity contribution is 7.09. The van der Waals surface area contributed by atoms with E-state index in [9.17, 15) is 0 Å². The van der Waals surface area contributed by atoms with Gasteiger partial charge in [0.2, 0.25) is 11.0 Å². The minimum absolute atomic E-state index is 0.470. The van der Waals surface area contributed by atoms with Crippen LogP contribution in [-0.2, 0) is 17.7 Å². The fraction of sp³-hybridized carbons (Fsp3) is 0.600. The minimum Gasteiger partial charge on any atom is -0.475 e. The molecular formula is C20H31N7O2S. The van der Waals surface area contributed by atoms with Crippen molar-refractivity contribution in [1.82, 2.24) is 24.6 Å². The molecule has 2 aromatic rings. The average molecular weight is 434 g/mol. The van der Waals surface area contributed by atoms with Crippen LogP contribution in [-0.4, -0.2) is 78.2 Å². The number of methoxy groups -OCH3 is 1. The maximum absolute atomic E-state index is 5.73. The molecule has 0 bridgehead atoms. The predicted octanol–water partition coefficient (Wildman–Crippen LogP) is 1.81. The molecule has 0 saturated carbocycles. The number of hydrogen-bond donors (Lipinski definition) is 1. The zero-order valence-corrected chi connectivity index (χ0v) is 18.8. The fourth-order valence-electron chi connectivity index (χ4n) is 3.11. The SMILES string of the molecule is CCNC(=NCc1cccnc1OCCOC)N1CCN(c2nc(CC)ns2)CC1. The van der Waals surface area contributed by atoms with Crippen molar-refractivity contribution in [2.24, 2.45) is 4.99 Å². The second-order valence-corrected chi connectivity index (χ2v) is 7.53. The molecule has 3 rings (SSSR count). The normalized spacial score (nSPS) is 14.8. The summed E-state index contributed by atoms with van der Waals surface area (Å²) in [5.41, 5.74) is 0.962. The molecule has 164 valence electrons. The summed E-state index contributed by atoms with van der Waals surface area (Å²) in [4.78, 5) is 18.4. The molecular weight excluding hydrogens is 402 g/mol. The Kier molecular flexibility index (Phi) is 8.64. The standard InChI is InChI=1S/C20H31N7O2S/c1-4-17-24-20(30-25-17)27-11-9-26(10-12-27)19(21-5-2)23-15-16-7-6-8-22-18(16)29-14-13-28-3/h6-8H,4-5,9-15H2,1-3H3,(H,21,23). The molecule has 0 aromatic carbocycles. The topological polar surface area (TPSA) is 88.0 Å². The first-order valence-corrected chi connectivity index (χ1v) is 11.2. The van der Waals surface area contributed by atoms with Gasteiger partial charge in [-0.15, -0.1) is 0 Å². The third-order valence-electron chi connectivity index (χ3n) is 4.73. The van der Waals surface area contributed by atoms with Crippen LogP contribution in [0.2, 0.25) is 0 Å². The van der Waals surface area contributed by atoms with Gasteiger partial charge in [0, 0.05) is 69.5 Å². The van der Waals surface area contributed by atoms with E-state index in [2.05, 4.69) is 43.3 Å². The van der Waals surface area contributed by atoms with Gasteiger partial charge < -0.3 is 24.6 Å². The Hall–Kier alpha value is -2.46. The van der Waals surface area contributed by atoms with E-state index in [1.807, 2.05) is 12.1 Å². The number of piperazine rings is 1. The Morgan fingerprint density at radius 3 is 2.77 bits per heavy atom. The van der Waals surface area contributed by atoms with Crippen LogP contribution in [0.1, 0.15) is 25.2 Å². The number of guanidine groups is 1. The highest BCUT2D eigenvalue weighted by atomic mass is 32.1. The maximum Gasteiger partial charge on any atom is 0.218 e. The minimum atomic E-state index is 0.470. The van der Waals surface area contributed by atoms with E-state index in [4.69, 9.17) is 14.5 Å². The first-order valence-electron chi connectivity index (χ1n) is 10.4. The van der Waals surface area contributed by atoms with Gasteiger partial charge in [-0.1, -0.05) is 13.0 Å². The molecule has 0 aliphatic carbocycles. The molecule has 1 fully saturated rings. The largest absolute Gasteiger partial charge is 0.475 e. The van der Waals surface area contributed by atoms with Crippen LogP contribution >= 0.6 is 11.5 Å². The van der Waals surface area contributed by atoms with Crippen LogP contribution < -0.4 is 15.0 Å².